The minimum atomic E-state index is -4.58. The number of carbonyl (C=O) groups is 1. The zero-order valence-corrected chi connectivity index (χ0v) is 9.78. The van der Waals surface area contributed by atoms with Gasteiger partial charge in [-0.2, -0.15) is 0 Å². The van der Waals surface area contributed by atoms with E-state index in [1.807, 2.05) is 0 Å². The molecule has 0 atom stereocenters. The minimum absolute atomic E-state index is 0.210. The summed E-state index contributed by atoms with van der Waals surface area (Å²) >= 11 is 0. The van der Waals surface area contributed by atoms with Crippen molar-refractivity contribution in [2.75, 3.05) is 6.61 Å². The van der Waals surface area contributed by atoms with E-state index in [2.05, 4.69) is 11.1 Å². The van der Waals surface area contributed by atoms with Crippen LogP contribution in [0.25, 0.3) is 0 Å². The smallest absolute Gasteiger partial charge is 0.459 e. The van der Waals surface area contributed by atoms with Gasteiger partial charge in [0, 0.05) is 5.57 Å². The van der Waals surface area contributed by atoms with Crippen LogP contribution < -0.4 is 0 Å². The standard InChI is InChI=1S/C8H15O6P/c1-6(2)7(9)13-5-8(3,4)14-15(10,11)12/h1,5H2,2-4H3,(H2,10,11,12). The van der Waals surface area contributed by atoms with Gasteiger partial charge in [0.05, 0.1) is 0 Å². The van der Waals surface area contributed by atoms with E-state index in [1.165, 1.54) is 20.8 Å². The molecule has 0 bridgehead atoms. The van der Waals surface area contributed by atoms with Crippen LogP contribution in [0.5, 0.6) is 0 Å². The Kier molecular flexibility index (Phi) is 4.67. The van der Waals surface area contributed by atoms with E-state index >= 15 is 0 Å². The fourth-order valence-electron chi connectivity index (χ4n) is 0.711. The maximum Gasteiger partial charge on any atom is 0.470 e. The van der Waals surface area contributed by atoms with Crippen molar-refractivity contribution >= 4 is 13.8 Å². The highest BCUT2D eigenvalue weighted by Gasteiger charge is 2.30. The molecular formula is C8H15O6P. The van der Waals surface area contributed by atoms with Crippen molar-refractivity contribution in [3.63, 3.8) is 0 Å². The fourth-order valence-corrected chi connectivity index (χ4v) is 1.41. The number of hydrogen-bond donors (Lipinski definition) is 2. The molecule has 0 fully saturated rings. The van der Waals surface area contributed by atoms with Gasteiger partial charge in [-0.05, 0) is 20.8 Å². The van der Waals surface area contributed by atoms with Crippen molar-refractivity contribution in [3.8, 4) is 0 Å². The van der Waals surface area contributed by atoms with E-state index in [0.29, 0.717) is 0 Å². The molecular weight excluding hydrogens is 223 g/mol. The normalized spacial score (nSPS) is 12.3. The Hall–Kier alpha value is -0.680. The average molecular weight is 238 g/mol. The van der Waals surface area contributed by atoms with E-state index in [0.717, 1.165) is 0 Å². The Morgan fingerprint density at radius 2 is 1.93 bits per heavy atom. The van der Waals surface area contributed by atoms with Crippen LogP contribution in [0.4, 0.5) is 0 Å². The zero-order chi connectivity index (χ0) is 12.3. The Balaban J connectivity index is 4.22. The summed E-state index contributed by atoms with van der Waals surface area (Å²) in [5.74, 6) is -0.627. The number of hydrogen-bond acceptors (Lipinski definition) is 4. The van der Waals surface area contributed by atoms with Crippen LogP contribution in [-0.2, 0) is 18.6 Å². The van der Waals surface area contributed by atoms with E-state index in [9.17, 15) is 9.36 Å². The molecule has 0 aromatic carbocycles. The highest BCUT2D eigenvalue weighted by molar-refractivity contribution is 7.46. The van der Waals surface area contributed by atoms with Crippen molar-refractivity contribution in [1.29, 1.82) is 0 Å². The van der Waals surface area contributed by atoms with Gasteiger partial charge in [-0.3, -0.25) is 4.52 Å². The Morgan fingerprint density at radius 3 is 2.27 bits per heavy atom. The molecule has 0 amide bonds. The first kappa shape index (κ1) is 14.3. The zero-order valence-electron chi connectivity index (χ0n) is 8.89. The van der Waals surface area contributed by atoms with E-state index in [4.69, 9.17) is 14.5 Å². The molecule has 0 spiro atoms. The lowest BCUT2D eigenvalue weighted by Crippen LogP contribution is -2.31. The largest absolute Gasteiger partial charge is 0.470 e. The maximum absolute atomic E-state index is 11.0. The summed E-state index contributed by atoms with van der Waals surface area (Å²) in [6.45, 7) is 7.37. The summed E-state index contributed by atoms with van der Waals surface area (Å²) in [4.78, 5) is 28.1. The van der Waals surface area contributed by atoms with Crippen molar-refractivity contribution in [2.45, 2.75) is 26.4 Å². The van der Waals surface area contributed by atoms with Crippen LogP contribution >= 0.6 is 7.82 Å². The second-order valence-electron chi connectivity index (χ2n) is 3.70. The lowest BCUT2D eigenvalue weighted by Gasteiger charge is -2.24. The van der Waals surface area contributed by atoms with Gasteiger partial charge in [0.1, 0.15) is 12.2 Å². The van der Waals surface area contributed by atoms with Crippen LogP contribution in [0, 0.1) is 0 Å². The van der Waals surface area contributed by atoms with Gasteiger partial charge in [0.2, 0.25) is 0 Å². The summed E-state index contributed by atoms with van der Waals surface area (Å²) in [7, 11) is -4.58. The molecule has 0 radical (unpaired) electrons. The number of rotatable bonds is 5. The number of carbonyl (C=O) groups excluding carboxylic acids is 1. The van der Waals surface area contributed by atoms with Crippen LogP contribution in [0.15, 0.2) is 12.2 Å². The topological polar surface area (TPSA) is 93.1 Å². The molecule has 0 aliphatic heterocycles. The highest BCUT2D eigenvalue weighted by Crippen LogP contribution is 2.41. The fraction of sp³-hybridized carbons (Fsp3) is 0.625. The number of phosphoric ester groups is 1. The van der Waals surface area contributed by atoms with Gasteiger partial charge in [-0.1, -0.05) is 6.58 Å². The third kappa shape index (κ3) is 7.27. The molecule has 0 saturated heterocycles. The maximum atomic E-state index is 11.0. The first-order valence-corrected chi connectivity index (χ1v) is 5.65. The van der Waals surface area contributed by atoms with Gasteiger partial charge in [-0.25, -0.2) is 9.36 Å². The molecule has 0 aliphatic carbocycles. The van der Waals surface area contributed by atoms with Crippen molar-refractivity contribution in [1.82, 2.24) is 0 Å². The number of esters is 1. The molecule has 15 heavy (non-hydrogen) atoms. The molecule has 7 heteroatoms. The second-order valence-corrected chi connectivity index (χ2v) is 4.86. The summed E-state index contributed by atoms with van der Waals surface area (Å²) in [6, 6.07) is 0. The van der Waals surface area contributed by atoms with Gasteiger partial charge in [-0.15, -0.1) is 0 Å². The van der Waals surface area contributed by atoms with Gasteiger partial charge in [0.25, 0.3) is 0 Å². The second kappa shape index (κ2) is 4.90. The summed E-state index contributed by atoms with van der Waals surface area (Å²) in [5.41, 5.74) is -1.04. The number of phosphoric acid groups is 1. The predicted octanol–water partition coefficient (Wildman–Crippen LogP) is 0.994. The Morgan fingerprint density at radius 1 is 1.47 bits per heavy atom. The number of ether oxygens (including phenoxy) is 1. The monoisotopic (exact) mass is 238 g/mol. The molecule has 0 aromatic rings. The first-order chi connectivity index (χ1) is 6.53. The van der Waals surface area contributed by atoms with E-state index in [-0.39, 0.29) is 12.2 Å². The van der Waals surface area contributed by atoms with Crippen molar-refractivity contribution < 1.29 is 28.4 Å². The predicted molar refractivity (Wildman–Crippen MR) is 53.0 cm³/mol. The molecule has 0 aliphatic rings. The molecule has 2 N–H and O–H groups in total. The van der Waals surface area contributed by atoms with Crippen LogP contribution in [0.2, 0.25) is 0 Å². The van der Waals surface area contributed by atoms with E-state index in [1.54, 1.807) is 0 Å². The Bertz CT molecular complexity index is 302. The van der Waals surface area contributed by atoms with Gasteiger partial charge < -0.3 is 14.5 Å². The summed E-state index contributed by atoms with van der Waals surface area (Å²) in [6.07, 6.45) is 0. The molecule has 0 aromatic heterocycles. The minimum Gasteiger partial charge on any atom is -0.459 e. The molecule has 0 unspecified atom stereocenters. The third-order valence-electron chi connectivity index (χ3n) is 1.27. The van der Waals surface area contributed by atoms with Crippen LogP contribution in [0.3, 0.4) is 0 Å². The molecule has 0 heterocycles. The lowest BCUT2D eigenvalue weighted by molar-refractivity contribution is -0.144. The van der Waals surface area contributed by atoms with Gasteiger partial charge >= 0.3 is 13.8 Å². The SMILES string of the molecule is C=C(C)C(=O)OCC(C)(C)OP(=O)(O)O. The van der Waals surface area contributed by atoms with Crippen molar-refractivity contribution in [2.24, 2.45) is 0 Å². The molecule has 0 rings (SSSR count). The highest BCUT2D eigenvalue weighted by atomic mass is 31.2. The summed E-state index contributed by atoms with van der Waals surface area (Å²) < 4.78 is 19.7. The first-order valence-electron chi connectivity index (χ1n) is 4.12. The lowest BCUT2D eigenvalue weighted by atomic mass is 10.2. The summed E-state index contributed by atoms with van der Waals surface area (Å²) in [5, 5.41) is 0. The average Bonchev–Trinajstić information content (AvgIpc) is 1.95. The molecule has 88 valence electrons. The van der Waals surface area contributed by atoms with Crippen molar-refractivity contribution in [3.05, 3.63) is 12.2 Å². The van der Waals surface area contributed by atoms with Gasteiger partial charge in [0.15, 0.2) is 0 Å². The van der Waals surface area contributed by atoms with E-state index < -0.39 is 19.4 Å². The molecule has 0 saturated carbocycles. The van der Waals surface area contributed by atoms with Crippen LogP contribution in [0.1, 0.15) is 20.8 Å². The third-order valence-corrected chi connectivity index (χ3v) is 2.00. The quantitative estimate of drug-likeness (QED) is 0.421. The van der Waals surface area contributed by atoms with Crippen LogP contribution in [-0.4, -0.2) is 28.0 Å². The molecule has 6 nitrogen and oxygen atoms in total. The Labute approximate surface area is 88.1 Å².